The number of fused-ring (bicyclic) bond motifs is 1. The Kier molecular flexibility index (Phi) is 3.08. The molecule has 0 radical (unpaired) electrons. The fourth-order valence-electron chi connectivity index (χ4n) is 2.06. The monoisotopic (exact) mass is 255 g/mol. The van der Waals surface area contributed by atoms with E-state index in [-0.39, 0.29) is 11.6 Å². The van der Waals surface area contributed by atoms with E-state index in [0.29, 0.717) is 0 Å². The molecule has 1 atom stereocenters. The van der Waals surface area contributed by atoms with Crippen molar-refractivity contribution in [1.82, 2.24) is 5.32 Å². The Hall–Kier alpha value is -0.800. The molecule has 2 nitrogen and oxygen atoms in total. The van der Waals surface area contributed by atoms with Crippen molar-refractivity contribution in [2.45, 2.75) is 31.9 Å². The van der Waals surface area contributed by atoms with Crippen LogP contribution in [0.4, 0.5) is 0 Å². The maximum absolute atomic E-state index is 5.99. The van der Waals surface area contributed by atoms with Gasteiger partial charge in [-0.2, -0.15) is 0 Å². The Balaban J connectivity index is 2.42. The Labute approximate surface area is 106 Å². The molecular formula is C12H14ClNOS. The van der Waals surface area contributed by atoms with Gasteiger partial charge < -0.3 is 10.1 Å². The molecular weight excluding hydrogens is 242 g/mol. The maximum atomic E-state index is 5.99. The van der Waals surface area contributed by atoms with Gasteiger partial charge in [-0.15, -0.1) is 0 Å². The highest BCUT2D eigenvalue weighted by atomic mass is 35.5. The van der Waals surface area contributed by atoms with E-state index in [1.807, 2.05) is 18.2 Å². The number of halogens is 1. The van der Waals surface area contributed by atoms with E-state index in [2.05, 4.69) is 19.2 Å². The fourth-order valence-corrected chi connectivity index (χ4v) is 2.40. The molecule has 86 valence electrons. The van der Waals surface area contributed by atoms with E-state index in [0.717, 1.165) is 22.8 Å². The molecule has 1 aliphatic heterocycles. The lowest BCUT2D eigenvalue weighted by atomic mass is 9.90. The van der Waals surface area contributed by atoms with Crippen LogP contribution in [-0.2, 0) is 0 Å². The molecule has 2 rings (SSSR count). The third-order valence-electron chi connectivity index (χ3n) is 2.70. The Morgan fingerprint density at radius 2 is 2.31 bits per heavy atom. The van der Waals surface area contributed by atoms with Crippen molar-refractivity contribution in [3.8, 4) is 5.75 Å². The van der Waals surface area contributed by atoms with Crippen LogP contribution in [0.2, 0.25) is 5.02 Å². The lowest BCUT2D eigenvalue weighted by Crippen LogP contribution is -2.39. The van der Waals surface area contributed by atoms with Gasteiger partial charge in [0.25, 0.3) is 0 Å². The van der Waals surface area contributed by atoms with Gasteiger partial charge in [0.05, 0.1) is 11.5 Å². The lowest BCUT2D eigenvalue weighted by Gasteiger charge is -2.37. The SMILES string of the molecule is CC1(C)CC(NC=S)c2cc(Cl)ccc2O1. The minimum absolute atomic E-state index is 0.176. The molecule has 16 heavy (non-hydrogen) atoms. The zero-order valence-electron chi connectivity index (χ0n) is 9.29. The van der Waals surface area contributed by atoms with Crippen molar-refractivity contribution in [3.05, 3.63) is 28.8 Å². The topological polar surface area (TPSA) is 21.3 Å². The first-order chi connectivity index (χ1) is 7.52. The molecule has 0 amide bonds. The van der Waals surface area contributed by atoms with Gasteiger partial charge in [-0.25, -0.2) is 0 Å². The van der Waals surface area contributed by atoms with Crippen LogP contribution in [0, 0.1) is 0 Å². The van der Waals surface area contributed by atoms with Crippen LogP contribution in [0.15, 0.2) is 18.2 Å². The van der Waals surface area contributed by atoms with Crippen molar-refractivity contribution in [1.29, 1.82) is 0 Å². The van der Waals surface area contributed by atoms with Gasteiger partial charge in [-0.05, 0) is 32.0 Å². The normalized spacial score (nSPS) is 21.8. The third kappa shape index (κ3) is 2.30. The largest absolute Gasteiger partial charge is 0.487 e. The number of thiocarbonyl (C=S) groups is 1. The van der Waals surface area contributed by atoms with E-state index >= 15 is 0 Å². The second-order valence-corrected chi connectivity index (χ2v) is 5.26. The maximum Gasteiger partial charge on any atom is 0.125 e. The summed E-state index contributed by atoms with van der Waals surface area (Å²) in [5.41, 5.74) is 2.45. The summed E-state index contributed by atoms with van der Waals surface area (Å²) >= 11 is 10.9. The predicted octanol–water partition coefficient (Wildman–Crippen LogP) is 3.49. The van der Waals surface area contributed by atoms with Gasteiger partial charge in [0.1, 0.15) is 11.4 Å². The van der Waals surface area contributed by atoms with E-state index in [1.165, 1.54) is 0 Å². The molecule has 0 aliphatic carbocycles. The summed E-state index contributed by atoms with van der Waals surface area (Å²) in [4.78, 5) is 0. The average molecular weight is 256 g/mol. The van der Waals surface area contributed by atoms with Crippen LogP contribution in [-0.4, -0.2) is 11.1 Å². The van der Waals surface area contributed by atoms with Crippen molar-refractivity contribution >= 4 is 29.3 Å². The van der Waals surface area contributed by atoms with Crippen LogP contribution in [0.25, 0.3) is 0 Å². The molecule has 0 fully saturated rings. The van der Waals surface area contributed by atoms with Crippen LogP contribution in [0.1, 0.15) is 31.9 Å². The van der Waals surface area contributed by atoms with Crippen LogP contribution >= 0.6 is 23.8 Å². The van der Waals surface area contributed by atoms with Gasteiger partial charge in [0.15, 0.2) is 0 Å². The summed E-state index contributed by atoms with van der Waals surface area (Å²) in [5, 5.41) is 3.90. The minimum atomic E-state index is -0.184. The lowest BCUT2D eigenvalue weighted by molar-refractivity contribution is 0.0699. The molecule has 4 heteroatoms. The highest BCUT2D eigenvalue weighted by Crippen LogP contribution is 2.40. The van der Waals surface area contributed by atoms with Crippen molar-refractivity contribution < 1.29 is 4.74 Å². The number of rotatable bonds is 2. The molecule has 1 aromatic carbocycles. The fraction of sp³-hybridized carbons (Fsp3) is 0.417. The molecule has 0 saturated heterocycles. The van der Waals surface area contributed by atoms with Crippen molar-refractivity contribution in [2.24, 2.45) is 0 Å². The first-order valence-corrected chi connectivity index (χ1v) is 6.05. The molecule has 1 aliphatic rings. The Morgan fingerprint density at radius 3 is 3.00 bits per heavy atom. The molecule has 1 N–H and O–H groups in total. The summed E-state index contributed by atoms with van der Waals surface area (Å²) in [5.74, 6) is 0.884. The first-order valence-electron chi connectivity index (χ1n) is 5.20. The summed E-state index contributed by atoms with van der Waals surface area (Å²) in [7, 11) is 0. The van der Waals surface area contributed by atoms with Gasteiger partial charge in [0, 0.05) is 17.0 Å². The standard InChI is InChI=1S/C12H14ClNOS/c1-12(2)6-10(14-7-16)9-5-8(13)3-4-11(9)15-12/h3-5,7,10H,6H2,1-2H3,(H,14,16). The zero-order chi connectivity index (χ0) is 11.8. The number of ether oxygens (including phenoxy) is 1. The van der Waals surface area contributed by atoms with Crippen LogP contribution in [0.5, 0.6) is 5.75 Å². The third-order valence-corrected chi connectivity index (χ3v) is 3.07. The van der Waals surface area contributed by atoms with E-state index in [1.54, 1.807) is 5.49 Å². The number of benzene rings is 1. The van der Waals surface area contributed by atoms with Crippen LogP contribution in [0.3, 0.4) is 0 Å². The van der Waals surface area contributed by atoms with Crippen molar-refractivity contribution in [3.63, 3.8) is 0 Å². The summed E-state index contributed by atoms with van der Waals surface area (Å²) < 4.78 is 5.90. The molecule has 0 aromatic heterocycles. The van der Waals surface area contributed by atoms with Gasteiger partial charge in [0.2, 0.25) is 0 Å². The second-order valence-electron chi connectivity index (χ2n) is 4.59. The first kappa shape index (κ1) is 11.7. The highest BCUT2D eigenvalue weighted by molar-refractivity contribution is 7.78. The van der Waals surface area contributed by atoms with Crippen LogP contribution < -0.4 is 10.1 Å². The smallest absolute Gasteiger partial charge is 0.125 e. The number of nitrogens with one attached hydrogen (secondary N) is 1. The van der Waals surface area contributed by atoms with Gasteiger partial charge >= 0.3 is 0 Å². The number of hydrogen-bond acceptors (Lipinski definition) is 2. The van der Waals surface area contributed by atoms with E-state index < -0.39 is 0 Å². The predicted molar refractivity (Wildman–Crippen MR) is 70.3 cm³/mol. The molecule has 1 unspecified atom stereocenters. The zero-order valence-corrected chi connectivity index (χ0v) is 10.9. The highest BCUT2D eigenvalue weighted by Gasteiger charge is 2.33. The summed E-state index contributed by atoms with van der Waals surface area (Å²) in [6, 6.07) is 5.87. The van der Waals surface area contributed by atoms with E-state index in [9.17, 15) is 0 Å². The number of hydrogen-bond donors (Lipinski definition) is 1. The van der Waals surface area contributed by atoms with Gasteiger partial charge in [-0.1, -0.05) is 23.8 Å². The average Bonchev–Trinajstić information content (AvgIpc) is 2.18. The van der Waals surface area contributed by atoms with E-state index in [4.69, 9.17) is 28.6 Å². The second kappa shape index (κ2) is 4.22. The summed E-state index contributed by atoms with van der Waals surface area (Å²) in [6.45, 7) is 4.14. The molecule has 0 spiro atoms. The molecule has 0 bridgehead atoms. The quantitative estimate of drug-likeness (QED) is 0.818. The summed E-state index contributed by atoms with van der Waals surface area (Å²) in [6.07, 6.45) is 0.869. The Morgan fingerprint density at radius 1 is 1.56 bits per heavy atom. The molecule has 1 heterocycles. The Bertz CT molecular complexity index is 419. The minimum Gasteiger partial charge on any atom is -0.487 e. The van der Waals surface area contributed by atoms with Crippen molar-refractivity contribution in [2.75, 3.05) is 0 Å². The molecule has 0 saturated carbocycles. The van der Waals surface area contributed by atoms with Gasteiger partial charge in [-0.3, -0.25) is 0 Å². The molecule has 1 aromatic rings.